The summed E-state index contributed by atoms with van der Waals surface area (Å²) in [5, 5.41) is 14.8. The van der Waals surface area contributed by atoms with Gasteiger partial charge in [-0.3, -0.25) is 14.4 Å². The Hall–Kier alpha value is -1.46. The molecular weight excluding hydrogens is 523 g/mol. The number of rotatable bonds is 4. The van der Waals surface area contributed by atoms with E-state index in [1.165, 1.54) is 18.2 Å². The third-order valence-electron chi connectivity index (χ3n) is 10.1. The van der Waals surface area contributed by atoms with E-state index >= 15 is 8.78 Å². The number of hydrogen-bond donors (Lipinski definition) is 1. The largest absolute Gasteiger partial charge is 0.390 e. The van der Waals surface area contributed by atoms with Crippen LogP contribution in [0.5, 0.6) is 0 Å². The summed E-state index contributed by atoms with van der Waals surface area (Å²) < 4.78 is 46.6. The lowest BCUT2D eigenvalue weighted by Gasteiger charge is -2.63. The Kier molecular flexibility index (Phi) is 5.94. The first-order valence-electron chi connectivity index (χ1n) is 12.7. The molecular formula is C27H30F3NO4S2. The highest BCUT2D eigenvalue weighted by Gasteiger charge is 2.79. The van der Waals surface area contributed by atoms with Crippen molar-refractivity contribution in [3.8, 4) is 0 Å². The average molecular weight is 554 g/mol. The number of aliphatic hydroxyl groups is 1. The van der Waals surface area contributed by atoms with Gasteiger partial charge in [-0.1, -0.05) is 30.8 Å². The zero-order chi connectivity index (χ0) is 26.4. The van der Waals surface area contributed by atoms with Crippen LogP contribution in [-0.2, 0) is 21.0 Å². The SMILES string of the molecule is C[C@]12C=CC(=O)C=C1[C@@H](F)C[C@H]1[C@@H]3C[C@H]4CN(Cc5cccs5)O[C@@]4(C(=O)SCF)[C@@]3(C)C[C@H](O)[C@@]12F. The molecule has 6 rings (SSSR count). The zero-order valence-electron chi connectivity index (χ0n) is 20.7. The van der Waals surface area contributed by atoms with Crippen LogP contribution in [0.4, 0.5) is 13.2 Å². The summed E-state index contributed by atoms with van der Waals surface area (Å²) in [7, 11) is 0. The summed E-state index contributed by atoms with van der Waals surface area (Å²) >= 11 is 2.11. The Balaban J connectivity index is 1.42. The Labute approximate surface area is 222 Å². The number of hydrogen-bond acceptors (Lipinski definition) is 7. The van der Waals surface area contributed by atoms with Gasteiger partial charge < -0.3 is 5.11 Å². The molecule has 1 aromatic rings. The van der Waals surface area contributed by atoms with Crippen molar-refractivity contribution in [2.45, 2.75) is 63.2 Å². The Morgan fingerprint density at radius 3 is 2.81 bits per heavy atom. The van der Waals surface area contributed by atoms with Crippen molar-refractivity contribution in [3.05, 3.63) is 46.2 Å². The first-order valence-corrected chi connectivity index (χ1v) is 14.5. The molecule has 0 spiro atoms. The number of hydroxylamine groups is 2. The first-order chi connectivity index (χ1) is 17.5. The number of nitrogens with zero attached hydrogens (tertiary/aromatic N) is 1. The van der Waals surface area contributed by atoms with Gasteiger partial charge in [0, 0.05) is 34.1 Å². The van der Waals surface area contributed by atoms with E-state index in [-0.39, 0.29) is 24.3 Å². The Morgan fingerprint density at radius 1 is 1.32 bits per heavy atom. The van der Waals surface area contributed by atoms with Gasteiger partial charge in [-0.15, -0.1) is 11.3 Å². The van der Waals surface area contributed by atoms with E-state index in [1.54, 1.807) is 23.3 Å². The standard InChI is InChI=1S/C27H30F3NO4S2/c1-24-6-5-16(32)9-20(24)21(29)10-19-18-8-15-12-31(13-17-4-3-7-36-17)35-27(15,23(34)37-14-28)25(18,2)11-22(33)26(19,24)30/h3-7,9,15,18-19,21-22,33H,8,10-14H2,1-2H3/t15-,18-,19-,21-,22-,24-,25-,26-,27-/m0/s1. The van der Waals surface area contributed by atoms with E-state index in [0.717, 1.165) is 4.88 Å². The van der Waals surface area contributed by atoms with Crippen LogP contribution in [0, 0.1) is 28.6 Å². The molecule has 0 amide bonds. The molecule has 1 N–H and O–H groups in total. The molecule has 37 heavy (non-hydrogen) atoms. The van der Waals surface area contributed by atoms with Crippen LogP contribution in [0.15, 0.2) is 41.3 Å². The van der Waals surface area contributed by atoms with Crippen LogP contribution in [0.2, 0.25) is 0 Å². The van der Waals surface area contributed by atoms with Crippen molar-refractivity contribution in [2.75, 3.05) is 12.6 Å². The summed E-state index contributed by atoms with van der Waals surface area (Å²) in [6.07, 6.45) is 0.862. The highest BCUT2D eigenvalue weighted by Crippen LogP contribution is 2.73. The summed E-state index contributed by atoms with van der Waals surface area (Å²) in [6.45, 7) is 4.25. The third-order valence-corrected chi connectivity index (χ3v) is 11.6. The normalized spacial score (nSPS) is 46.7. The Morgan fingerprint density at radius 2 is 2.11 bits per heavy atom. The van der Waals surface area contributed by atoms with E-state index in [2.05, 4.69) is 0 Å². The molecule has 5 nitrogen and oxygen atoms in total. The van der Waals surface area contributed by atoms with Gasteiger partial charge in [-0.05, 0) is 61.3 Å². The molecule has 0 radical (unpaired) electrons. The number of fused-ring (bicyclic) bond motifs is 7. The number of alkyl halides is 3. The number of ketones is 1. The maximum Gasteiger partial charge on any atom is 0.226 e. The summed E-state index contributed by atoms with van der Waals surface area (Å²) in [5.74, 6) is -2.12. The molecule has 0 bridgehead atoms. The quantitative estimate of drug-likeness (QED) is 0.568. The molecule has 1 saturated heterocycles. The molecule has 1 aromatic heterocycles. The lowest BCUT2D eigenvalue weighted by Crippen LogP contribution is -2.70. The van der Waals surface area contributed by atoms with Gasteiger partial charge in [0.2, 0.25) is 5.12 Å². The van der Waals surface area contributed by atoms with Gasteiger partial charge >= 0.3 is 0 Å². The highest BCUT2D eigenvalue weighted by molar-refractivity contribution is 8.13. The Bertz CT molecular complexity index is 1190. The minimum atomic E-state index is -2.23. The topological polar surface area (TPSA) is 66.8 Å². The third kappa shape index (κ3) is 3.22. The predicted octanol–water partition coefficient (Wildman–Crippen LogP) is 4.97. The maximum atomic E-state index is 17.4. The van der Waals surface area contributed by atoms with Crippen molar-refractivity contribution < 1.29 is 32.7 Å². The number of carbonyl (C=O) groups excluding carboxylic acids is 2. The lowest BCUT2D eigenvalue weighted by atomic mass is 9.44. The summed E-state index contributed by atoms with van der Waals surface area (Å²) in [4.78, 5) is 33.2. The van der Waals surface area contributed by atoms with Crippen LogP contribution in [0.25, 0.3) is 0 Å². The highest BCUT2D eigenvalue weighted by atomic mass is 32.2. The van der Waals surface area contributed by atoms with E-state index in [9.17, 15) is 19.1 Å². The number of thiophene rings is 1. The second kappa shape index (κ2) is 8.52. The van der Waals surface area contributed by atoms with Gasteiger partial charge in [0.15, 0.2) is 17.1 Å². The molecule has 4 aliphatic carbocycles. The van der Waals surface area contributed by atoms with Crippen molar-refractivity contribution in [3.63, 3.8) is 0 Å². The predicted molar refractivity (Wildman–Crippen MR) is 135 cm³/mol. The van der Waals surface area contributed by atoms with Gasteiger partial charge in [0.05, 0.1) is 12.6 Å². The second-order valence-corrected chi connectivity index (χ2v) is 13.5. The summed E-state index contributed by atoms with van der Waals surface area (Å²) in [5.41, 5.74) is -6.13. The molecule has 10 heteroatoms. The van der Waals surface area contributed by atoms with Gasteiger partial charge in [-0.2, -0.15) is 5.06 Å². The van der Waals surface area contributed by atoms with Crippen LogP contribution >= 0.6 is 23.1 Å². The van der Waals surface area contributed by atoms with E-state index in [0.29, 0.717) is 31.3 Å². The minimum absolute atomic E-state index is 0.0664. The van der Waals surface area contributed by atoms with E-state index in [1.807, 2.05) is 24.4 Å². The van der Waals surface area contributed by atoms with Crippen LogP contribution < -0.4 is 0 Å². The molecule has 1 aliphatic heterocycles. The van der Waals surface area contributed by atoms with Crippen LogP contribution in [0.3, 0.4) is 0 Å². The maximum absolute atomic E-state index is 17.4. The first kappa shape index (κ1) is 25.8. The van der Waals surface area contributed by atoms with Crippen molar-refractivity contribution in [1.29, 1.82) is 0 Å². The molecule has 200 valence electrons. The van der Waals surface area contributed by atoms with Gasteiger partial charge in [0.25, 0.3) is 0 Å². The number of carbonyl (C=O) groups is 2. The van der Waals surface area contributed by atoms with Crippen molar-refractivity contribution >= 4 is 34.0 Å². The fourth-order valence-electron chi connectivity index (χ4n) is 8.49. The molecule has 0 aromatic carbocycles. The summed E-state index contributed by atoms with van der Waals surface area (Å²) in [6, 6.07) is 2.98. The van der Waals surface area contributed by atoms with E-state index < -0.39 is 63.1 Å². The number of aliphatic hydroxyl groups excluding tert-OH is 1. The van der Waals surface area contributed by atoms with Crippen molar-refractivity contribution in [2.24, 2.45) is 28.6 Å². The lowest BCUT2D eigenvalue weighted by molar-refractivity contribution is -0.266. The average Bonchev–Trinajstić information content (AvgIpc) is 3.54. The monoisotopic (exact) mass is 553 g/mol. The zero-order valence-corrected chi connectivity index (χ0v) is 22.3. The number of thioether (sulfide) groups is 1. The van der Waals surface area contributed by atoms with Gasteiger partial charge in [0.1, 0.15) is 12.2 Å². The second-order valence-electron chi connectivity index (χ2n) is 11.6. The number of halogens is 3. The van der Waals surface area contributed by atoms with Crippen LogP contribution in [-0.4, -0.2) is 57.2 Å². The van der Waals surface area contributed by atoms with Gasteiger partial charge in [-0.25, -0.2) is 13.2 Å². The number of allylic oxidation sites excluding steroid dienone is 4. The molecule has 0 unspecified atom stereocenters. The smallest absolute Gasteiger partial charge is 0.226 e. The van der Waals surface area contributed by atoms with Crippen molar-refractivity contribution in [1.82, 2.24) is 5.06 Å². The minimum Gasteiger partial charge on any atom is -0.390 e. The molecule has 3 saturated carbocycles. The van der Waals surface area contributed by atoms with Crippen LogP contribution in [0.1, 0.15) is 38.0 Å². The molecule has 4 fully saturated rings. The molecule has 2 heterocycles. The molecule has 9 atom stereocenters. The fraction of sp³-hybridized carbons (Fsp3) is 0.630. The fourth-order valence-corrected chi connectivity index (χ4v) is 9.95. The molecule has 5 aliphatic rings. The van der Waals surface area contributed by atoms with E-state index in [4.69, 9.17) is 4.84 Å².